The third kappa shape index (κ3) is 5.65. The van der Waals surface area contributed by atoms with Crippen molar-refractivity contribution in [1.29, 1.82) is 0 Å². The molecule has 0 fully saturated rings. The van der Waals surface area contributed by atoms with Crippen molar-refractivity contribution in [2.75, 3.05) is 6.61 Å². The van der Waals surface area contributed by atoms with Crippen molar-refractivity contribution in [3.8, 4) is 5.75 Å². The van der Waals surface area contributed by atoms with Gasteiger partial charge < -0.3 is 9.53 Å². The van der Waals surface area contributed by atoms with Crippen molar-refractivity contribution in [3.05, 3.63) is 29.3 Å². The van der Waals surface area contributed by atoms with Gasteiger partial charge in [0, 0.05) is 6.42 Å². The number of hydrogen-bond donors (Lipinski definition) is 0. The molecule has 0 heterocycles. The molecular formula is C13H12F6O2. The van der Waals surface area contributed by atoms with Gasteiger partial charge in [-0.2, -0.15) is 26.3 Å². The Morgan fingerprint density at radius 1 is 1.00 bits per heavy atom. The highest BCUT2D eigenvalue weighted by Gasteiger charge is 2.37. The molecule has 0 bridgehead atoms. The van der Waals surface area contributed by atoms with Gasteiger partial charge in [-0.05, 0) is 31.5 Å². The van der Waals surface area contributed by atoms with Gasteiger partial charge in [0.15, 0.2) is 0 Å². The maximum Gasteiger partial charge on any atom is 0.416 e. The van der Waals surface area contributed by atoms with Gasteiger partial charge in [0.05, 0.1) is 17.7 Å². The first-order valence-corrected chi connectivity index (χ1v) is 5.92. The number of benzene rings is 1. The number of carbonyl (C=O) groups excluding carboxylic acids is 1. The van der Waals surface area contributed by atoms with Crippen molar-refractivity contribution in [2.24, 2.45) is 0 Å². The molecule has 0 unspecified atom stereocenters. The van der Waals surface area contributed by atoms with E-state index in [4.69, 9.17) is 4.74 Å². The molecule has 0 spiro atoms. The molecule has 0 aliphatic carbocycles. The van der Waals surface area contributed by atoms with Crippen LogP contribution in [-0.2, 0) is 17.1 Å². The number of rotatable bonds is 5. The lowest BCUT2D eigenvalue weighted by molar-refractivity contribution is -0.143. The quantitative estimate of drug-likeness (QED) is 0.592. The molecule has 118 valence electrons. The number of hydrogen-bond acceptors (Lipinski definition) is 2. The second-order valence-corrected chi connectivity index (χ2v) is 4.40. The van der Waals surface area contributed by atoms with Gasteiger partial charge in [-0.3, -0.25) is 0 Å². The molecule has 0 saturated carbocycles. The number of alkyl halides is 6. The zero-order valence-electron chi connectivity index (χ0n) is 10.9. The SMILES string of the molecule is CC(=O)CCCOc1cc(C(F)(F)F)cc(C(F)(F)F)c1. The van der Waals surface area contributed by atoms with Crippen LogP contribution in [0.3, 0.4) is 0 Å². The van der Waals surface area contributed by atoms with Crippen molar-refractivity contribution in [3.63, 3.8) is 0 Å². The van der Waals surface area contributed by atoms with E-state index < -0.39 is 29.2 Å². The molecule has 0 amide bonds. The van der Waals surface area contributed by atoms with Crippen molar-refractivity contribution in [1.82, 2.24) is 0 Å². The summed E-state index contributed by atoms with van der Waals surface area (Å²) in [7, 11) is 0. The Kier molecular flexibility index (Phi) is 5.25. The fourth-order valence-electron chi connectivity index (χ4n) is 1.52. The van der Waals surface area contributed by atoms with Gasteiger partial charge in [-0.15, -0.1) is 0 Å². The summed E-state index contributed by atoms with van der Waals surface area (Å²) in [5, 5.41) is 0. The molecule has 21 heavy (non-hydrogen) atoms. The molecule has 8 heteroatoms. The number of ketones is 1. The van der Waals surface area contributed by atoms with E-state index >= 15 is 0 Å². The predicted octanol–water partition coefficient (Wildman–Crippen LogP) is 4.47. The fourth-order valence-corrected chi connectivity index (χ4v) is 1.52. The van der Waals surface area contributed by atoms with Crippen LogP contribution >= 0.6 is 0 Å². The molecule has 0 saturated heterocycles. The van der Waals surface area contributed by atoms with E-state index in [0.29, 0.717) is 12.1 Å². The van der Waals surface area contributed by atoms with Crippen molar-refractivity contribution < 1.29 is 35.9 Å². The van der Waals surface area contributed by atoms with Crippen molar-refractivity contribution in [2.45, 2.75) is 32.1 Å². The molecule has 2 nitrogen and oxygen atoms in total. The molecule has 1 aromatic rings. The Labute approximate surface area is 116 Å². The molecule has 0 atom stereocenters. The Morgan fingerprint density at radius 3 is 1.86 bits per heavy atom. The summed E-state index contributed by atoms with van der Waals surface area (Å²) < 4.78 is 80.3. The average Bonchev–Trinajstić information content (AvgIpc) is 2.32. The second kappa shape index (κ2) is 6.36. The minimum absolute atomic E-state index is 0.0302. The molecular weight excluding hydrogens is 302 g/mol. The first-order valence-electron chi connectivity index (χ1n) is 5.92. The predicted molar refractivity (Wildman–Crippen MR) is 61.9 cm³/mol. The highest BCUT2D eigenvalue weighted by atomic mass is 19.4. The molecule has 0 aromatic heterocycles. The van der Waals surface area contributed by atoms with E-state index in [2.05, 4.69) is 0 Å². The van der Waals surface area contributed by atoms with Crippen LogP contribution < -0.4 is 4.74 Å². The highest BCUT2D eigenvalue weighted by molar-refractivity contribution is 5.75. The maximum atomic E-state index is 12.6. The van der Waals surface area contributed by atoms with Gasteiger partial charge >= 0.3 is 12.4 Å². The van der Waals surface area contributed by atoms with E-state index in [1.54, 1.807) is 0 Å². The van der Waals surface area contributed by atoms with Gasteiger partial charge in [-0.25, -0.2) is 0 Å². The lowest BCUT2D eigenvalue weighted by atomic mass is 10.1. The number of ether oxygens (including phenoxy) is 1. The lowest BCUT2D eigenvalue weighted by Crippen LogP contribution is -2.11. The summed E-state index contributed by atoms with van der Waals surface area (Å²) in [6.07, 6.45) is -9.45. The Hall–Kier alpha value is -1.73. The summed E-state index contributed by atoms with van der Waals surface area (Å²) in [6.45, 7) is 1.18. The van der Waals surface area contributed by atoms with E-state index in [9.17, 15) is 31.1 Å². The summed E-state index contributed by atoms with van der Waals surface area (Å²) in [5.74, 6) is -0.667. The van der Waals surface area contributed by atoms with Crippen LogP contribution in [0.25, 0.3) is 0 Å². The minimum Gasteiger partial charge on any atom is -0.494 e. The molecule has 1 aromatic carbocycles. The molecule has 0 aliphatic rings. The van der Waals surface area contributed by atoms with Crippen LogP contribution in [0.4, 0.5) is 26.3 Å². The van der Waals surface area contributed by atoms with Crippen LogP contribution in [0.15, 0.2) is 18.2 Å². The number of halogens is 6. The average molecular weight is 314 g/mol. The summed E-state index contributed by atoms with van der Waals surface area (Å²) in [6, 6.07) is 1.04. The minimum atomic E-state index is -4.90. The fraction of sp³-hybridized carbons (Fsp3) is 0.462. The van der Waals surface area contributed by atoms with Crippen LogP contribution in [0, 0.1) is 0 Å². The standard InChI is InChI=1S/C13H12F6O2/c1-8(20)3-2-4-21-11-6-9(12(14,15)16)5-10(7-11)13(17,18)19/h5-7H,2-4H2,1H3. The zero-order valence-corrected chi connectivity index (χ0v) is 10.9. The lowest BCUT2D eigenvalue weighted by Gasteiger charge is -2.14. The Bertz CT molecular complexity index is 472. The maximum absolute atomic E-state index is 12.6. The van der Waals surface area contributed by atoms with Crippen LogP contribution in [0.5, 0.6) is 5.75 Å². The van der Waals surface area contributed by atoms with Gasteiger partial charge in [0.2, 0.25) is 0 Å². The molecule has 1 rings (SSSR count). The summed E-state index contributed by atoms with van der Waals surface area (Å²) in [4.78, 5) is 10.7. The van der Waals surface area contributed by atoms with Crippen LogP contribution in [0.1, 0.15) is 30.9 Å². The van der Waals surface area contributed by atoms with E-state index in [1.807, 2.05) is 0 Å². The summed E-state index contributed by atoms with van der Waals surface area (Å²) >= 11 is 0. The molecule has 0 aliphatic heterocycles. The number of carbonyl (C=O) groups is 1. The Balaban J connectivity index is 2.95. The topological polar surface area (TPSA) is 26.3 Å². The number of Topliss-reactive ketones (excluding diaryl/α,β-unsaturated/α-hetero) is 1. The first kappa shape index (κ1) is 17.3. The van der Waals surface area contributed by atoms with E-state index in [0.717, 1.165) is 0 Å². The molecule has 0 radical (unpaired) electrons. The third-order valence-electron chi connectivity index (χ3n) is 2.50. The van der Waals surface area contributed by atoms with E-state index in [-0.39, 0.29) is 31.3 Å². The largest absolute Gasteiger partial charge is 0.494 e. The first-order chi connectivity index (χ1) is 9.50. The Morgan fingerprint density at radius 2 is 1.48 bits per heavy atom. The normalized spacial score (nSPS) is 12.3. The van der Waals surface area contributed by atoms with Gasteiger partial charge in [0.25, 0.3) is 0 Å². The van der Waals surface area contributed by atoms with Crippen LogP contribution in [-0.4, -0.2) is 12.4 Å². The van der Waals surface area contributed by atoms with E-state index in [1.165, 1.54) is 6.92 Å². The molecule has 0 N–H and O–H groups in total. The van der Waals surface area contributed by atoms with Crippen LogP contribution in [0.2, 0.25) is 0 Å². The highest BCUT2D eigenvalue weighted by Crippen LogP contribution is 2.38. The zero-order chi connectivity index (χ0) is 16.3. The van der Waals surface area contributed by atoms with Gasteiger partial charge in [-0.1, -0.05) is 0 Å². The monoisotopic (exact) mass is 314 g/mol. The smallest absolute Gasteiger partial charge is 0.416 e. The van der Waals surface area contributed by atoms with Crippen molar-refractivity contribution >= 4 is 5.78 Å². The third-order valence-corrected chi connectivity index (χ3v) is 2.50. The summed E-state index contributed by atoms with van der Waals surface area (Å²) in [5.41, 5.74) is -2.86. The van der Waals surface area contributed by atoms with Gasteiger partial charge in [0.1, 0.15) is 11.5 Å². The second-order valence-electron chi connectivity index (χ2n) is 4.40.